The van der Waals surface area contributed by atoms with Gasteiger partial charge in [0.05, 0.1) is 5.56 Å². The zero-order valence-corrected chi connectivity index (χ0v) is 11.8. The molecule has 1 heterocycles. The largest absolute Gasteiger partial charge is 0.399 e. The number of carbonyl (C=O) groups is 1. The fourth-order valence-electron chi connectivity index (χ4n) is 1.81. The van der Waals surface area contributed by atoms with Crippen molar-refractivity contribution in [3.8, 4) is 0 Å². The summed E-state index contributed by atoms with van der Waals surface area (Å²) in [6.07, 6.45) is 1.45. The first-order chi connectivity index (χ1) is 9.47. The fourth-order valence-corrected chi connectivity index (χ4v) is 1.99. The molecule has 0 atom stereocenters. The van der Waals surface area contributed by atoms with Crippen molar-refractivity contribution in [2.75, 3.05) is 17.7 Å². The van der Waals surface area contributed by atoms with E-state index in [-0.39, 0.29) is 0 Å². The predicted octanol–water partition coefficient (Wildman–Crippen LogP) is 2.05. The summed E-state index contributed by atoms with van der Waals surface area (Å²) < 4.78 is 0. The molecule has 6 heteroatoms. The molecule has 0 unspecified atom stereocenters. The number of pyridine rings is 1. The number of primary amides is 1. The maximum absolute atomic E-state index is 11.0. The van der Waals surface area contributed by atoms with Crippen LogP contribution in [0.25, 0.3) is 0 Å². The van der Waals surface area contributed by atoms with Crippen LogP contribution in [-0.2, 0) is 6.54 Å². The van der Waals surface area contributed by atoms with Crippen molar-refractivity contribution in [3.05, 3.63) is 52.7 Å². The van der Waals surface area contributed by atoms with Crippen LogP contribution in [0.2, 0.25) is 5.02 Å². The summed E-state index contributed by atoms with van der Waals surface area (Å²) in [5.74, 6) is 0.221. The molecule has 2 aromatic rings. The van der Waals surface area contributed by atoms with Gasteiger partial charge in [-0.25, -0.2) is 4.98 Å². The van der Waals surface area contributed by atoms with Crippen LogP contribution in [0, 0.1) is 0 Å². The number of amides is 1. The van der Waals surface area contributed by atoms with Gasteiger partial charge in [-0.3, -0.25) is 4.79 Å². The lowest BCUT2D eigenvalue weighted by Gasteiger charge is -2.19. The number of hydrogen-bond acceptors (Lipinski definition) is 4. The molecule has 0 aliphatic carbocycles. The lowest BCUT2D eigenvalue weighted by molar-refractivity contribution is 0.1000. The van der Waals surface area contributed by atoms with Gasteiger partial charge in [0.2, 0.25) is 5.91 Å². The number of nitrogens with zero attached hydrogens (tertiary/aromatic N) is 2. The lowest BCUT2D eigenvalue weighted by atomic mass is 10.2. The molecule has 0 saturated carbocycles. The molecule has 0 saturated heterocycles. The lowest BCUT2D eigenvalue weighted by Crippen LogP contribution is -2.19. The molecule has 4 N–H and O–H groups in total. The van der Waals surface area contributed by atoms with E-state index in [1.165, 1.54) is 6.20 Å². The van der Waals surface area contributed by atoms with Gasteiger partial charge in [0.25, 0.3) is 0 Å². The van der Waals surface area contributed by atoms with E-state index in [9.17, 15) is 4.79 Å². The number of anilines is 2. The van der Waals surface area contributed by atoms with Crippen LogP contribution in [0.15, 0.2) is 36.5 Å². The van der Waals surface area contributed by atoms with Gasteiger partial charge >= 0.3 is 0 Å². The van der Waals surface area contributed by atoms with Crippen molar-refractivity contribution in [1.82, 2.24) is 4.98 Å². The van der Waals surface area contributed by atoms with E-state index < -0.39 is 5.91 Å². The van der Waals surface area contributed by atoms with Crippen molar-refractivity contribution in [3.63, 3.8) is 0 Å². The summed E-state index contributed by atoms with van der Waals surface area (Å²) in [5.41, 5.74) is 12.9. The van der Waals surface area contributed by atoms with Gasteiger partial charge in [0.15, 0.2) is 0 Å². The Bertz CT molecular complexity index is 628. The van der Waals surface area contributed by atoms with E-state index in [1.807, 2.05) is 18.0 Å². The number of halogens is 1. The van der Waals surface area contributed by atoms with Crippen LogP contribution in [-0.4, -0.2) is 17.9 Å². The Hall–Kier alpha value is -2.27. The Morgan fingerprint density at radius 1 is 1.35 bits per heavy atom. The van der Waals surface area contributed by atoms with Crippen LogP contribution in [0.3, 0.4) is 0 Å². The topological polar surface area (TPSA) is 85.2 Å². The molecule has 0 bridgehead atoms. The molecule has 0 aliphatic rings. The minimum Gasteiger partial charge on any atom is -0.399 e. The molecular formula is C14H15ClN4O. The van der Waals surface area contributed by atoms with Crippen molar-refractivity contribution in [2.45, 2.75) is 6.54 Å². The standard InChI is InChI=1S/C14H15ClN4O/c1-19(8-10-6-11(16)3-4-12(10)15)13-5-2-9(7-18-13)14(17)20/h2-7H,8,16H2,1H3,(H2,17,20). The maximum Gasteiger partial charge on any atom is 0.250 e. The molecule has 1 aromatic heterocycles. The molecule has 2 rings (SSSR count). The zero-order chi connectivity index (χ0) is 14.7. The summed E-state index contributed by atoms with van der Waals surface area (Å²) >= 11 is 6.13. The van der Waals surface area contributed by atoms with Crippen molar-refractivity contribution < 1.29 is 4.79 Å². The second kappa shape index (κ2) is 5.79. The second-order valence-electron chi connectivity index (χ2n) is 4.48. The van der Waals surface area contributed by atoms with Crippen LogP contribution in [0.5, 0.6) is 0 Å². The SMILES string of the molecule is CN(Cc1cc(N)ccc1Cl)c1ccc(C(N)=O)cn1. The number of carbonyl (C=O) groups excluding carboxylic acids is 1. The molecule has 1 amide bonds. The number of hydrogen-bond donors (Lipinski definition) is 2. The van der Waals surface area contributed by atoms with E-state index in [4.69, 9.17) is 23.1 Å². The summed E-state index contributed by atoms with van der Waals surface area (Å²) in [4.78, 5) is 17.1. The van der Waals surface area contributed by atoms with Gasteiger partial charge in [-0.05, 0) is 35.9 Å². The molecular weight excluding hydrogens is 276 g/mol. The third-order valence-corrected chi connectivity index (χ3v) is 3.27. The molecule has 5 nitrogen and oxygen atoms in total. The summed E-state index contributed by atoms with van der Waals surface area (Å²) in [6, 6.07) is 8.73. The van der Waals surface area contributed by atoms with E-state index in [1.54, 1.807) is 24.3 Å². The Kier molecular flexibility index (Phi) is 4.10. The summed E-state index contributed by atoms with van der Waals surface area (Å²) in [7, 11) is 1.88. The third-order valence-electron chi connectivity index (χ3n) is 2.90. The highest BCUT2D eigenvalue weighted by molar-refractivity contribution is 6.31. The maximum atomic E-state index is 11.0. The van der Waals surface area contributed by atoms with Crippen LogP contribution in [0.1, 0.15) is 15.9 Å². The molecule has 0 spiro atoms. The molecule has 0 fully saturated rings. The smallest absolute Gasteiger partial charge is 0.250 e. The van der Waals surface area contributed by atoms with Gasteiger partial charge in [0.1, 0.15) is 5.82 Å². The average Bonchev–Trinajstić information content (AvgIpc) is 2.43. The zero-order valence-electron chi connectivity index (χ0n) is 11.0. The molecule has 20 heavy (non-hydrogen) atoms. The van der Waals surface area contributed by atoms with Crippen LogP contribution in [0.4, 0.5) is 11.5 Å². The van der Waals surface area contributed by atoms with Gasteiger partial charge in [-0.15, -0.1) is 0 Å². The minimum atomic E-state index is -0.495. The van der Waals surface area contributed by atoms with E-state index in [2.05, 4.69) is 4.98 Å². The fraction of sp³-hybridized carbons (Fsp3) is 0.143. The van der Waals surface area contributed by atoms with Crippen molar-refractivity contribution in [1.29, 1.82) is 0 Å². The quantitative estimate of drug-likeness (QED) is 0.844. The predicted molar refractivity (Wildman–Crippen MR) is 80.7 cm³/mol. The third kappa shape index (κ3) is 3.19. The van der Waals surface area contributed by atoms with Crippen molar-refractivity contribution in [2.24, 2.45) is 5.73 Å². The molecule has 0 aliphatic heterocycles. The number of nitrogen functional groups attached to an aromatic ring is 1. The van der Waals surface area contributed by atoms with Crippen LogP contribution < -0.4 is 16.4 Å². The summed E-state index contributed by atoms with van der Waals surface area (Å²) in [6.45, 7) is 0.562. The Morgan fingerprint density at radius 3 is 2.70 bits per heavy atom. The first-order valence-corrected chi connectivity index (χ1v) is 6.36. The monoisotopic (exact) mass is 290 g/mol. The van der Waals surface area contributed by atoms with E-state index in [0.29, 0.717) is 28.6 Å². The van der Waals surface area contributed by atoms with Gasteiger partial charge in [-0.2, -0.15) is 0 Å². The van der Waals surface area contributed by atoms with Gasteiger partial charge in [0, 0.05) is 30.5 Å². The molecule has 104 valence electrons. The number of nitrogens with two attached hydrogens (primary N) is 2. The highest BCUT2D eigenvalue weighted by Crippen LogP contribution is 2.22. The number of aromatic nitrogens is 1. The second-order valence-corrected chi connectivity index (χ2v) is 4.88. The normalized spacial score (nSPS) is 10.3. The minimum absolute atomic E-state index is 0.379. The van der Waals surface area contributed by atoms with Crippen LogP contribution >= 0.6 is 11.6 Å². The Labute approximate surface area is 122 Å². The first kappa shape index (κ1) is 14.1. The van der Waals surface area contributed by atoms with Gasteiger partial charge in [-0.1, -0.05) is 11.6 Å². The van der Waals surface area contributed by atoms with Crippen molar-refractivity contribution >= 4 is 29.0 Å². The Morgan fingerprint density at radius 2 is 2.10 bits per heavy atom. The van der Waals surface area contributed by atoms with E-state index in [0.717, 1.165) is 5.56 Å². The highest BCUT2D eigenvalue weighted by atomic mass is 35.5. The first-order valence-electron chi connectivity index (χ1n) is 5.98. The number of benzene rings is 1. The Balaban J connectivity index is 2.17. The average molecular weight is 291 g/mol. The molecule has 0 radical (unpaired) electrons. The summed E-state index contributed by atoms with van der Waals surface area (Å²) in [5, 5.41) is 0.653. The highest BCUT2D eigenvalue weighted by Gasteiger charge is 2.08. The molecule has 1 aromatic carbocycles. The number of rotatable bonds is 4. The van der Waals surface area contributed by atoms with Gasteiger partial charge < -0.3 is 16.4 Å². The van der Waals surface area contributed by atoms with E-state index >= 15 is 0 Å².